The first-order valence-electron chi connectivity index (χ1n) is 8.73. The van der Waals surface area contributed by atoms with Crippen LogP contribution in [0.15, 0.2) is 47.1 Å². The number of rotatable bonds is 6. The number of nitro groups is 1. The fourth-order valence-electron chi connectivity index (χ4n) is 2.84. The van der Waals surface area contributed by atoms with E-state index in [0.29, 0.717) is 26.6 Å². The highest BCUT2D eigenvalue weighted by molar-refractivity contribution is 7.21. The molecule has 3 heterocycles. The highest BCUT2D eigenvalue weighted by Gasteiger charge is 2.19. The number of hydrogen-bond acceptors (Lipinski definition) is 8. The smallest absolute Gasteiger partial charge is 0.349 e. The lowest BCUT2D eigenvalue weighted by Gasteiger charge is -2.03. The summed E-state index contributed by atoms with van der Waals surface area (Å²) in [6, 6.07) is 8.15. The van der Waals surface area contributed by atoms with Gasteiger partial charge in [0.25, 0.3) is 5.91 Å². The second-order valence-corrected chi connectivity index (χ2v) is 7.75. The van der Waals surface area contributed by atoms with Gasteiger partial charge in [-0.05, 0) is 30.3 Å². The van der Waals surface area contributed by atoms with E-state index in [-0.39, 0.29) is 22.9 Å². The van der Waals surface area contributed by atoms with E-state index in [9.17, 15) is 19.7 Å². The van der Waals surface area contributed by atoms with Crippen molar-refractivity contribution in [1.29, 1.82) is 0 Å². The first-order chi connectivity index (χ1) is 14.9. The number of amides is 1. The van der Waals surface area contributed by atoms with Crippen LogP contribution < -0.4 is 5.32 Å². The second-order valence-electron chi connectivity index (χ2n) is 6.32. The van der Waals surface area contributed by atoms with Gasteiger partial charge in [0, 0.05) is 15.8 Å². The van der Waals surface area contributed by atoms with Crippen molar-refractivity contribution in [3.63, 3.8) is 0 Å². The molecular formula is C19H13ClN4O6S. The van der Waals surface area contributed by atoms with E-state index in [1.165, 1.54) is 24.1 Å². The van der Waals surface area contributed by atoms with Gasteiger partial charge in [0.1, 0.15) is 23.0 Å². The van der Waals surface area contributed by atoms with E-state index in [1.54, 1.807) is 24.3 Å². The molecule has 0 aliphatic heterocycles. The molecule has 0 spiro atoms. The number of fused-ring (bicyclic) bond motifs is 1. The molecule has 1 N–H and O–H groups in total. The Morgan fingerprint density at radius 3 is 2.87 bits per heavy atom. The molecule has 0 radical (unpaired) electrons. The fraction of sp³-hybridized carbons (Fsp3) is 0.105. The third kappa shape index (κ3) is 4.13. The Bertz CT molecular complexity index is 1320. The van der Waals surface area contributed by atoms with Crippen LogP contribution in [-0.4, -0.2) is 33.7 Å². The zero-order valence-electron chi connectivity index (χ0n) is 15.8. The zero-order valence-corrected chi connectivity index (χ0v) is 17.4. The van der Waals surface area contributed by atoms with E-state index < -0.39 is 16.8 Å². The normalized spacial score (nSPS) is 10.9. The van der Waals surface area contributed by atoms with E-state index in [4.69, 9.17) is 20.8 Å². The van der Waals surface area contributed by atoms with Gasteiger partial charge < -0.3 is 14.5 Å². The van der Waals surface area contributed by atoms with Gasteiger partial charge >= 0.3 is 11.7 Å². The standard InChI is InChI=1S/C19H13ClN4O6S/c1-29-19(26)17-16(20)13-4-2-10(6-15(13)31-17)22-18(25)14-5-3-12(30-14)9-23-8-11(7-21-23)24(27)28/h2-8H,9H2,1H3,(H,22,25). The average Bonchev–Trinajstić information content (AvgIpc) is 3.47. The summed E-state index contributed by atoms with van der Waals surface area (Å²) in [6.45, 7) is 0.136. The van der Waals surface area contributed by atoms with Gasteiger partial charge in [0.15, 0.2) is 5.76 Å². The number of esters is 1. The summed E-state index contributed by atoms with van der Waals surface area (Å²) in [6.07, 6.45) is 2.40. The first-order valence-corrected chi connectivity index (χ1v) is 9.92. The van der Waals surface area contributed by atoms with Crippen LogP contribution in [0.25, 0.3) is 10.1 Å². The molecule has 0 saturated heterocycles. The molecule has 0 bridgehead atoms. The van der Waals surface area contributed by atoms with Crippen LogP contribution in [0.5, 0.6) is 0 Å². The minimum absolute atomic E-state index is 0.0659. The molecule has 1 aromatic carbocycles. The van der Waals surface area contributed by atoms with Crippen LogP contribution in [0.1, 0.15) is 26.0 Å². The SMILES string of the molecule is COC(=O)c1sc2cc(NC(=O)c3ccc(Cn4cc([N+](=O)[O-])cn4)o3)ccc2c1Cl. The molecule has 0 unspecified atom stereocenters. The Morgan fingerprint density at radius 2 is 2.16 bits per heavy atom. The Kier molecular flexibility index (Phi) is 5.44. The number of hydrogen-bond donors (Lipinski definition) is 1. The topological polar surface area (TPSA) is 130 Å². The molecule has 31 heavy (non-hydrogen) atoms. The summed E-state index contributed by atoms with van der Waals surface area (Å²) in [7, 11) is 1.28. The molecule has 12 heteroatoms. The van der Waals surface area contributed by atoms with E-state index in [0.717, 1.165) is 17.5 Å². The number of benzene rings is 1. The van der Waals surface area contributed by atoms with Crippen LogP contribution in [0.2, 0.25) is 5.02 Å². The van der Waals surface area contributed by atoms with Crippen LogP contribution in [0.3, 0.4) is 0 Å². The molecule has 158 valence electrons. The Hall–Kier alpha value is -3.70. The number of aromatic nitrogens is 2. The monoisotopic (exact) mass is 460 g/mol. The molecular weight excluding hydrogens is 448 g/mol. The van der Waals surface area contributed by atoms with Crippen molar-refractivity contribution < 1.29 is 23.7 Å². The maximum absolute atomic E-state index is 12.5. The van der Waals surface area contributed by atoms with Crippen molar-refractivity contribution in [3.05, 3.63) is 74.3 Å². The minimum Gasteiger partial charge on any atom is -0.465 e. The molecule has 0 fully saturated rings. The van der Waals surface area contributed by atoms with Crippen LogP contribution in [-0.2, 0) is 11.3 Å². The molecule has 0 aliphatic carbocycles. The Labute approximate surface area is 183 Å². The van der Waals surface area contributed by atoms with Crippen molar-refractivity contribution in [2.24, 2.45) is 0 Å². The van der Waals surface area contributed by atoms with Crippen LogP contribution in [0, 0.1) is 10.1 Å². The number of nitrogens with one attached hydrogen (secondary N) is 1. The number of ether oxygens (including phenoxy) is 1. The van der Waals surface area contributed by atoms with Crippen LogP contribution in [0.4, 0.5) is 11.4 Å². The molecule has 10 nitrogen and oxygen atoms in total. The van der Waals surface area contributed by atoms with Gasteiger partial charge in [-0.2, -0.15) is 5.10 Å². The van der Waals surface area contributed by atoms with Crippen molar-refractivity contribution in [2.75, 3.05) is 12.4 Å². The molecule has 0 atom stereocenters. The predicted molar refractivity (Wildman–Crippen MR) is 113 cm³/mol. The summed E-state index contributed by atoms with van der Waals surface area (Å²) in [4.78, 5) is 34.8. The van der Waals surface area contributed by atoms with Crippen molar-refractivity contribution >= 4 is 56.3 Å². The maximum Gasteiger partial charge on any atom is 0.349 e. The number of carbonyl (C=O) groups is 2. The summed E-state index contributed by atoms with van der Waals surface area (Å²) in [5.41, 5.74) is 0.358. The summed E-state index contributed by atoms with van der Waals surface area (Å²) in [5.74, 6) is -0.530. The summed E-state index contributed by atoms with van der Waals surface area (Å²) in [5, 5.41) is 18.3. The highest BCUT2D eigenvalue weighted by atomic mass is 35.5. The van der Waals surface area contributed by atoms with E-state index in [2.05, 4.69) is 10.4 Å². The van der Waals surface area contributed by atoms with Crippen molar-refractivity contribution in [2.45, 2.75) is 6.54 Å². The molecule has 4 rings (SSSR count). The lowest BCUT2D eigenvalue weighted by atomic mass is 10.2. The number of anilines is 1. The van der Waals surface area contributed by atoms with E-state index >= 15 is 0 Å². The van der Waals surface area contributed by atoms with Gasteiger partial charge in [0.05, 0.1) is 23.6 Å². The van der Waals surface area contributed by atoms with Crippen molar-refractivity contribution in [1.82, 2.24) is 9.78 Å². The quantitative estimate of drug-likeness (QED) is 0.257. The van der Waals surface area contributed by atoms with Crippen molar-refractivity contribution in [3.8, 4) is 0 Å². The number of thiophene rings is 1. The average molecular weight is 461 g/mol. The lowest BCUT2D eigenvalue weighted by molar-refractivity contribution is -0.385. The molecule has 0 aliphatic rings. The third-order valence-corrected chi connectivity index (χ3v) is 5.93. The fourth-order valence-corrected chi connectivity index (χ4v) is 4.30. The van der Waals surface area contributed by atoms with E-state index in [1.807, 2.05) is 0 Å². The molecule has 1 amide bonds. The number of halogens is 1. The Morgan fingerprint density at radius 1 is 1.35 bits per heavy atom. The predicted octanol–water partition coefficient (Wildman–Crippen LogP) is 4.34. The molecule has 4 aromatic rings. The first kappa shape index (κ1) is 20.6. The van der Waals surface area contributed by atoms with Crippen LogP contribution >= 0.6 is 22.9 Å². The van der Waals surface area contributed by atoms with Gasteiger partial charge in [-0.15, -0.1) is 11.3 Å². The number of carbonyl (C=O) groups excluding carboxylic acids is 2. The number of nitrogens with zero attached hydrogens (tertiary/aromatic N) is 3. The second kappa shape index (κ2) is 8.20. The third-order valence-electron chi connectivity index (χ3n) is 4.29. The zero-order chi connectivity index (χ0) is 22.1. The highest BCUT2D eigenvalue weighted by Crippen LogP contribution is 2.37. The summed E-state index contributed by atoms with van der Waals surface area (Å²) >= 11 is 7.40. The van der Waals surface area contributed by atoms with Gasteiger partial charge in [-0.3, -0.25) is 19.6 Å². The van der Waals surface area contributed by atoms with Gasteiger partial charge in [-0.1, -0.05) is 11.6 Å². The molecule has 0 saturated carbocycles. The summed E-state index contributed by atoms with van der Waals surface area (Å²) < 4.78 is 12.3. The van der Waals surface area contributed by atoms with Gasteiger partial charge in [0.2, 0.25) is 0 Å². The lowest BCUT2D eigenvalue weighted by Crippen LogP contribution is -2.10. The number of methoxy groups -OCH3 is 1. The minimum atomic E-state index is -0.545. The number of furan rings is 1. The molecule has 3 aromatic heterocycles. The van der Waals surface area contributed by atoms with Gasteiger partial charge in [-0.25, -0.2) is 4.79 Å². The maximum atomic E-state index is 12.5. The largest absolute Gasteiger partial charge is 0.465 e. The Balaban J connectivity index is 1.48.